The zero-order valence-electron chi connectivity index (χ0n) is 10.7. The Hall–Kier alpha value is -1.78. The van der Waals surface area contributed by atoms with E-state index >= 15 is 0 Å². The van der Waals surface area contributed by atoms with E-state index in [9.17, 15) is 4.79 Å². The second-order valence-electron chi connectivity index (χ2n) is 4.36. The molecule has 0 aliphatic carbocycles. The number of hydrogen-bond acceptors (Lipinski definition) is 3. The average molecular weight is 303 g/mol. The van der Waals surface area contributed by atoms with Crippen LogP contribution < -0.4 is 0 Å². The molecule has 2 aromatic carbocycles. The molecule has 0 bridgehead atoms. The number of imidazole rings is 1. The Kier molecular flexibility index (Phi) is 3.51. The van der Waals surface area contributed by atoms with E-state index < -0.39 is 0 Å². The molecular formula is C15H11ClN2OS. The maximum Gasteiger partial charge on any atom is 0.171 e. The Balaban J connectivity index is 1.92. The molecule has 100 valence electrons. The van der Waals surface area contributed by atoms with Crippen molar-refractivity contribution in [3.8, 4) is 0 Å². The Morgan fingerprint density at radius 1 is 1.25 bits per heavy atom. The number of ketones is 1. The van der Waals surface area contributed by atoms with Crippen LogP contribution in [0.15, 0.2) is 52.5 Å². The van der Waals surface area contributed by atoms with Crippen LogP contribution in [0.4, 0.5) is 0 Å². The molecular weight excluding hydrogens is 292 g/mol. The van der Waals surface area contributed by atoms with Gasteiger partial charge in [0.25, 0.3) is 0 Å². The van der Waals surface area contributed by atoms with E-state index in [1.165, 1.54) is 18.7 Å². The van der Waals surface area contributed by atoms with E-state index in [0.717, 1.165) is 21.1 Å². The van der Waals surface area contributed by atoms with Crippen LogP contribution in [0.25, 0.3) is 11.0 Å². The summed E-state index contributed by atoms with van der Waals surface area (Å²) in [5.74, 6) is 0.00665. The number of nitrogens with one attached hydrogen (secondary N) is 1. The number of benzene rings is 2. The van der Waals surface area contributed by atoms with Crippen molar-refractivity contribution in [3.05, 3.63) is 53.1 Å². The quantitative estimate of drug-likeness (QED) is 0.721. The molecule has 0 radical (unpaired) electrons. The summed E-state index contributed by atoms with van der Waals surface area (Å²) < 4.78 is 0. The minimum Gasteiger partial charge on any atom is -0.333 e. The van der Waals surface area contributed by atoms with E-state index in [1.54, 1.807) is 12.1 Å². The van der Waals surface area contributed by atoms with Crippen LogP contribution in [0.2, 0.25) is 5.02 Å². The summed E-state index contributed by atoms with van der Waals surface area (Å²) in [5.41, 5.74) is 2.53. The molecule has 0 aliphatic heterocycles. The number of H-pyrrole nitrogens is 1. The van der Waals surface area contributed by atoms with Crippen molar-refractivity contribution in [2.75, 3.05) is 0 Å². The fourth-order valence-corrected chi connectivity index (χ4v) is 2.99. The molecule has 0 saturated carbocycles. The van der Waals surface area contributed by atoms with Crippen LogP contribution in [0.3, 0.4) is 0 Å². The summed E-state index contributed by atoms with van der Waals surface area (Å²) >= 11 is 7.66. The first-order valence-electron chi connectivity index (χ1n) is 6.06. The van der Waals surface area contributed by atoms with Gasteiger partial charge in [0, 0.05) is 10.5 Å². The lowest BCUT2D eigenvalue weighted by Gasteiger charge is -2.03. The maximum atomic E-state index is 11.3. The SMILES string of the molecule is CC(=O)c1ccc(Sc2nc3ccccc3[nH]2)c(Cl)c1. The second-order valence-corrected chi connectivity index (χ2v) is 5.80. The van der Waals surface area contributed by atoms with Crippen LogP contribution >= 0.6 is 23.4 Å². The van der Waals surface area contributed by atoms with E-state index in [2.05, 4.69) is 9.97 Å². The predicted octanol–water partition coefficient (Wildman–Crippen LogP) is 4.57. The van der Waals surface area contributed by atoms with Crippen LogP contribution in [-0.2, 0) is 0 Å². The lowest BCUT2D eigenvalue weighted by Crippen LogP contribution is -1.91. The number of aromatic nitrogens is 2. The van der Waals surface area contributed by atoms with E-state index in [0.29, 0.717) is 10.6 Å². The molecule has 5 heteroatoms. The second kappa shape index (κ2) is 5.31. The van der Waals surface area contributed by atoms with Crippen molar-refractivity contribution in [2.45, 2.75) is 17.0 Å². The highest BCUT2D eigenvalue weighted by Crippen LogP contribution is 2.33. The molecule has 3 nitrogen and oxygen atoms in total. The van der Waals surface area contributed by atoms with Gasteiger partial charge >= 0.3 is 0 Å². The molecule has 1 aromatic heterocycles. The van der Waals surface area contributed by atoms with Gasteiger partial charge in [-0.1, -0.05) is 41.6 Å². The van der Waals surface area contributed by atoms with Gasteiger partial charge < -0.3 is 4.98 Å². The number of Topliss-reactive ketones (excluding diaryl/α,β-unsaturated/α-hetero) is 1. The first-order valence-corrected chi connectivity index (χ1v) is 7.26. The first-order chi connectivity index (χ1) is 9.63. The molecule has 0 saturated heterocycles. The summed E-state index contributed by atoms with van der Waals surface area (Å²) in [6, 6.07) is 13.2. The van der Waals surface area contributed by atoms with Gasteiger partial charge in [0.15, 0.2) is 10.9 Å². The number of fused-ring (bicyclic) bond motifs is 1. The first kappa shape index (κ1) is 13.2. The predicted molar refractivity (Wildman–Crippen MR) is 81.7 cm³/mol. The van der Waals surface area contributed by atoms with Crippen LogP contribution in [0, 0.1) is 0 Å². The van der Waals surface area contributed by atoms with Crippen LogP contribution in [-0.4, -0.2) is 15.8 Å². The highest BCUT2D eigenvalue weighted by atomic mass is 35.5. The van der Waals surface area contributed by atoms with Crippen molar-refractivity contribution in [2.24, 2.45) is 0 Å². The largest absolute Gasteiger partial charge is 0.333 e. The van der Waals surface area contributed by atoms with Crippen molar-refractivity contribution in [3.63, 3.8) is 0 Å². The van der Waals surface area contributed by atoms with Crippen molar-refractivity contribution in [1.29, 1.82) is 0 Å². The van der Waals surface area contributed by atoms with Gasteiger partial charge in [-0.05, 0) is 31.2 Å². The molecule has 3 rings (SSSR count). The number of aromatic amines is 1. The third-order valence-electron chi connectivity index (χ3n) is 2.91. The number of para-hydroxylation sites is 2. The van der Waals surface area contributed by atoms with Gasteiger partial charge in [-0.2, -0.15) is 0 Å². The Bertz CT molecular complexity index is 764. The van der Waals surface area contributed by atoms with Gasteiger partial charge in [0.05, 0.1) is 16.1 Å². The highest BCUT2D eigenvalue weighted by molar-refractivity contribution is 7.99. The Labute approximate surface area is 125 Å². The smallest absolute Gasteiger partial charge is 0.171 e. The lowest BCUT2D eigenvalue weighted by atomic mass is 10.1. The zero-order valence-corrected chi connectivity index (χ0v) is 12.3. The summed E-state index contributed by atoms with van der Waals surface area (Å²) in [5, 5.41) is 1.34. The summed E-state index contributed by atoms with van der Waals surface area (Å²) in [4.78, 5) is 19.9. The average Bonchev–Trinajstić information content (AvgIpc) is 2.83. The minimum atomic E-state index is 0.00665. The van der Waals surface area contributed by atoms with Crippen molar-refractivity contribution in [1.82, 2.24) is 9.97 Å². The van der Waals surface area contributed by atoms with E-state index in [4.69, 9.17) is 11.6 Å². The number of carbonyl (C=O) groups excluding carboxylic acids is 1. The number of hydrogen-bond donors (Lipinski definition) is 1. The molecule has 0 fully saturated rings. The zero-order chi connectivity index (χ0) is 14.1. The van der Waals surface area contributed by atoms with Crippen LogP contribution in [0.5, 0.6) is 0 Å². The molecule has 1 heterocycles. The molecule has 1 N–H and O–H groups in total. The van der Waals surface area contributed by atoms with Gasteiger partial charge in [0.2, 0.25) is 0 Å². The van der Waals surface area contributed by atoms with E-state index in [1.807, 2.05) is 30.3 Å². The third kappa shape index (κ3) is 2.57. The number of carbonyl (C=O) groups is 1. The summed E-state index contributed by atoms with van der Waals surface area (Å²) in [6.07, 6.45) is 0. The van der Waals surface area contributed by atoms with Crippen molar-refractivity contribution >= 4 is 40.2 Å². The van der Waals surface area contributed by atoms with Crippen molar-refractivity contribution < 1.29 is 4.79 Å². The monoisotopic (exact) mass is 302 g/mol. The molecule has 0 amide bonds. The fraction of sp³-hybridized carbons (Fsp3) is 0.0667. The maximum absolute atomic E-state index is 11.3. The van der Waals surface area contributed by atoms with Gasteiger partial charge in [-0.15, -0.1) is 0 Å². The summed E-state index contributed by atoms with van der Waals surface area (Å²) in [7, 11) is 0. The number of nitrogens with zero attached hydrogens (tertiary/aromatic N) is 1. The molecule has 20 heavy (non-hydrogen) atoms. The topological polar surface area (TPSA) is 45.8 Å². The van der Waals surface area contributed by atoms with Crippen LogP contribution in [0.1, 0.15) is 17.3 Å². The van der Waals surface area contributed by atoms with Gasteiger partial charge in [-0.3, -0.25) is 4.79 Å². The minimum absolute atomic E-state index is 0.00665. The van der Waals surface area contributed by atoms with Gasteiger partial charge in [-0.25, -0.2) is 4.98 Å². The molecule has 0 unspecified atom stereocenters. The third-order valence-corrected chi connectivity index (χ3v) is 4.30. The molecule has 3 aromatic rings. The summed E-state index contributed by atoms with van der Waals surface area (Å²) in [6.45, 7) is 1.53. The lowest BCUT2D eigenvalue weighted by molar-refractivity contribution is 0.101. The molecule has 0 aliphatic rings. The normalized spacial score (nSPS) is 10.9. The number of rotatable bonds is 3. The number of halogens is 1. The van der Waals surface area contributed by atoms with E-state index in [-0.39, 0.29) is 5.78 Å². The highest BCUT2D eigenvalue weighted by Gasteiger charge is 2.09. The fourth-order valence-electron chi connectivity index (χ4n) is 1.88. The standard InChI is InChI=1S/C15H11ClN2OS/c1-9(19)10-6-7-14(11(16)8-10)20-15-17-12-4-2-3-5-13(12)18-15/h2-8H,1H3,(H,17,18). The Morgan fingerprint density at radius 3 is 2.75 bits per heavy atom. The molecule has 0 atom stereocenters. The molecule has 0 spiro atoms. The van der Waals surface area contributed by atoms with Gasteiger partial charge in [0.1, 0.15) is 0 Å². The Morgan fingerprint density at radius 2 is 2.05 bits per heavy atom.